The van der Waals surface area contributed by atoms with Crippen LogP contribution in [0.2, 0.25) is 0 Å². The molecule has 3 aromatic rings. The first kappa shape index (κ1) is 15.6. The van der Waals surface area contributed by atoms with Crippen molar-refractivity contribution in [2.75, 3.05) is 0 Å². The number of carbonyl (C=O) groups is 1. The van der Waals surface area contributed by atoms with Gasteiger partial charge in [-0.1, -0.05) is 30.3 Å². The molecule has 5 nitrogen and oxygen atoms in total. The van der Waals surface area contributed by atoms with Gasteiger partial charge >= 0.3 is 0 Å². The number of fused-ring (bicyclic) bond motifs is 1. The Morgan fingerprint density at radius 1 is 1.17 bits per heavy atom. The van der Waals surface area contributed by atoms with E-state index in [-0.39, 0.29) is 11.5 Å². The van der Waals surface area contributed by atoms with Gasteiger partial charge in [0.25, 0.3) is 5.69 Å². The number of carbonyl (C=O) groups excluding carboxylic acids is 1. The van der Waals surface area contributed by atoms with E-state index in [2.05, 4.69) is 4.98 Å². The number of nitro groups is 1. The van der Waals surface area contributed by atoms with Gasteiger partial charge in [-0.05, 0) is 36.8 Å². The predicted octanol–water partition coefficient (Wildman–Crippen LogP) is 4.35. The lowest BCUT2D eigenvalue weighted by Crippen LogP contribution is -1.98. The number of aryl methyl sites for hydroxylation is 1. The maximum absolute atomic E-state index is 12.2. The zero-order valence-corrected chi connectivity index (χ0v) is 13.0. The van der Waals surface area contributed by atoms with E-state index >= 15 is 0 Å². The molecule has 0 spiro atoms. The third-order valence-electron chi connectivity index (χ3n) is 3.74. The van der Waals surface area contributed by atoms with Gasteiger partial charge in [0.2, 0.25) is 0 Å². The Balaban J connectivity index is 1.86. The minimum Gasteiger partial charge on any atom is -0.289 e. The summed E-state index contributed by atoms with van der Waals surface area (Å²) in [5, 5.41) is 12.0. The first-order valence-corrected chi connectivity index (χ1v) is 7.37. The molecule has 0 unspecified atom stereocenters. The predicted molar refractivity (Wildman–Crippen MR) is 92.9 cm³/mol. The number of rotatable bonds is 4. The Labute approximate surface area is 138 Å². The molecule has 0 bridgehead atoms. The topological polar surface area (TPSA) is 73.1 Å². The van der Waals surface area contributed by atoms with Gasteiger partial charge in [-0.15, -0.1) is 0 Å². The molecule has 0 saturated heterocycles. The van der Waals surface area contributed by atoms with Crippen LogP contribution in [-0.2, 0) is 0 Å². The van der Waals surface area contributed by atoms with Crippen LogP contribution < -0.4 is 0 Å². The Morgan fingerprint density at radius 2 is 2.00 bits per heavy atom. The summed E-state index contributed by atoms with van der Waals surface area (Å²) < 4.78 is 0. The molecule has 118 valence electrons. The van der Waals surface area contributed by atoms with Gasteiger partial charge in [-0.2, -0.15) is 0 Å². The summed E-state index contributed by atoms with van der Waals surface area (Å²) in [6.07, 6.45) is 4.85. The van der Waals surface area contributed by atoms with E-state index in [1.807, 2.05) is 30.3 Å². The van der Waals surface area contributed by atoms with Crippen molar-refractivity contribution in [3.63, 3.8) is 0 Å². The number of nitro benzene ring substituents is 1. The summed E-state index contributed by atoms with van der Waals surface area (Å²) in [6, 6.07) is 14.0. The van der Waals surface area contributed by atoms with Crippen LogP contribution >= 0.6 is 0 Å². The minimum absolute atomic E-state index is 0.0500. The highest BCUT2D eigenvalue weighted by Crippen LogP contribution is 2.20. The van der Waals surface area contributed by atoms with Crippen LogP contribution in [0.4, 0.5) is 5.69 Å². The van der Waals surface area contributed by atoms with E-state index in [9.17, 15) is 14.9 Å². The third kappa shape index (κ3) is 3.20. The summed E-state index contributed by atoms with van der Waals surface area (Å²) >= 11 is 0. The molecule has 1 aromatic heterocycles. The molecule has 3 rings (SSSR count). The molecular formula is C19H14N2O3. The van der Waals surface area contributed by atoms with Crippen molar-refractivity contribution in [1.82, 2.24) is 4.98 Å². The van der Waals surface area contributed by atoms with Crippen molar-refractivity contribution in [1.29, 1.82) is 0 Å². The highest BCUT2D eigenvalue weighted by Gasteiger charge is 2.13. The van der Waals surface area contributed by atoms with Crippen LogP contribution in [0.15, 0.2) is 60.8 Å². The summed E-state index contributed by atoms with van der Waals surface area (Å²) in [7, 11) is 0. The highest BCUT2D eigenvalue weighted by atomic mass is 16.6. The Morgan fingerprint density at radius 3 is 2.79 bits per heavy atom. The molecule has 0 aliphatic heterocycles. The fraction of sp³-hybridized carbons (Fsp3) is 0.0526. The van der Waals surface area contributed by atoms with Gasteiger partial charge < -0.3 is 0 Å². The second-order valence-electron chi connectivity index (χ2n) is 5.41. The van der Waals surface area contributed by atoms with Gasteiger partial charge in [-0.3, -0.25) is 19.9 Å². The maximum atomic E-state index is 12.2. The number of benzene rings is 2. The fourth-order valence-corrected chi connectivity index (χ4v) is 2.43. The van der Waals surface area contributed by atoms with Crippen LogP contribution in [0, 0.1) is 17.0 Å². The third-order valence-corrected chi connectivity index (χ3v) is 3.74. The molecule has 0 amide bonds. The molecule has 24 heavy (non-hydrogen) atoms. The first-order valence-electron chi connectivity index (χ1n) is 7.37. The van der Waals surface area contributed by atoms with E-state index in [0.717, 1.165) is 16.5 Å². The molecule has 0 atom stereocenters. The average molecular weight is 318 g/mol. The van der Waals surface area contributed by atoms with Crippen LogP contribution in [0.5, 0.6) is 0 Å². The number of allylic oxidation sites excluding steroid dienone is 1. The molecule has 5 heteroatoms. The van der Waals surface area contributed by atoms with Crippen LogP contribution in [-0.4, -0.2) is 15.7 Å². The second-order valence-corrected chi connectivity index (χ2v) is 5.41. The van der Waals surface area contributed by atoms with Crippen LogP contribution in [0.3, 0.4) is 0 Å². The number of hydrogen-bond acceptors (Lipinski definition) is 4. The molecule has 2 aromatic carbocycles. The lowest BCUT2D eigenvalue weighted by atomic mass is 10.0. The number of aromatic nitrogens is 1. The molecule has 0 radical (unpaired) electrons. The van der Waals surface area contributed by atoms with E-state index in [1.165, 1.54) is 12.1 Å². The van der Waals surface area contributed by atoms with Gasteiger partial charge in [0.05, 0.1) is 10.4 Å². The van der Waals surface area contributed by atoms with Crippen LogP contribution in [0.25, 0.3) is 17.0 Å². The standard InChI is InChI=1S/C19H14N2O3/c1-13-4-7-16(12-18(13)21(23)24)19(22)9-6-14-5-8-17-15(11-14)3-2-10-20-17/h2-12H,1H3/b9-6+. The minimum atomic E-state index is -0.480. The van der Waals surface area contributed by atoms with Gasteiger partial charge in [0.15, 0.2) is 5.78 Å². The Kier molecular flexibility index (Phi) is 4.16. The Hall–Kier alpha value is -3.34. The highest BCUT2D eigenvalue weighted by molar-refractivity contribution is 6.07. The Bertz CT molecular complexity index is 977. The average Bonchev–Trinajstić information content (AvgIpc) is 2.59. The van der Waals surface area contributed by atoms with Crippen molar-refractivity contribution < 1.29 is 9.72 Å². The quantitative estimate of drug-likeness (QED) is 0.310. The molecule has 0 fully saturated rings. The largest absolute Gasteiger partial charge is 0.289 e. The smallest absolute Gasteiger partial charge is 0.273 e. The first-order chi connectivity index (χ1) is 11.5. The summed E-state index contributed by atoms with van der Waals surface area (Å²) in [4.78, 5) is 27.0. The normalized spacial score (nSPS) is 11.0. The molecule has 0 aliphatic rings. The number of nitrogens with zero attached hydrogens (tertiary/aromatic N) is 2. The second kappa shape index (κ2) is 6.42. The lowest BCUT2D eigenvalue weighted by Gasteiger charge is -2.00. The van der Waals surface area contributed by atoms with E-state index in [0.29, 0.717) is 11.1 Å². The lowest BCUT2D eigenvalue weighted by molar-refractivity contribution is -0.385. The van der Waals surface area contributed by atoms with Gasteiger partial charge in [0.1, 0.15) is 0 Å². The van der Waals surface area contributed by atoms with E-state index < -0.39 is 4.92 Å². The zero-order chi connectivity index (χ0) is 17.1. The summed E-state index contributed by atoms with van der Waals surface area (Å²) in [5.74, 6) is -0.274. The fourth-order valence-electron chi connectivity index (χ4n) is 2.43. The number of hydrogen-bond donors (Lipinski definition) is 0. The van der Waals surface area contributed by atoms with Crippen molar-refractivity contribution in [2.45, 2.75) is 6.92 Å². The van der Waals surface area contributed by atoms with Crippen LogP contribution in [0.1, 0.15) is 21.5 Å². The summed E-state index contributed by atoms with van der Waals surface area (Å²) in [5.41, 5.74) is 2.53. The van der Waals surface area contributed by atoms with E-state index in [4.69, 9.17) is 0 Å². The van der Waals surface area contributed by atoms with Crippen molar-refractivity contribution in [3.8, 4) is 0 Å². The van der Waals surface area contributed by atoms with Gasteiger partial charge in [-0.25, -0.2) is 0 Å². The maximum Gasteiger partial charge on any atom is 0.273 e. The zero-order valence-electron chi connectivity index (χ0n) is 13.0. The van der Waals surface area contributed by atoms with Crippen molar-refractivity contribution in [3.05, 3.63) is 87.6 Å². The molecule has 1 heterocycles. The number of ketones is 1. The van der Waals surface area contributed by atoms with Crippen molar-refractivity contribution in [2.24, 2.45) is 0 Å². The summed E-state index contributed by atoms with van der Waals surface area (Å²) in [6.45, 7) is 1.64. The van der Waals surface area contributed by atoms with E-state index in [1.54, 1.807) is 31.3 Å². The molecular weight excluding hydrogens is 304 g/mol. The van der Waals surface area contributed by atoms with Crippen molar-refractivity contribution >= 4 is 28.4 Å². The number of pyridine rings is 1. The molecule has 0 N–H and O–H groups in total. The monoisotopic (exact) mass is 318 g/mol. The van der Waals surface area contributed by atoms with Gasteiger partial charge in [0, 0.05) is 28.8 Å². The molecule has 0 saturated carbocycles. The SMILES string of the molecule is Cc1ccc(C(=O)/C=C/c2ccc3ncccc3c2)cc1[N+](=O)[O-]. The molecule has 0 aliphatic carbocycles.